The summed E-state index contributed by atoms with van der Waals surface area (Å²) < 4.78 is 38.9. The van der Waals surface area contributed by atoms with Gasteiger partial charge in [-0.2, -0.15) is 0 Å². The summed E-state index contributed by atoms with van der Waals surface area (Å²) in [7, 11) is 0. The summed E-state index contributed by atoms with van der Waals surface area (Å²) in [5.74, 6) is -0.658. The van der Waals surface area contributed by atoms with Gasteiger partial charge in [0, 0.05) is 23.4 Å². The number of anilines is 2. The van der Waals surface area contributed by atoms with Gasteiger partial charge in [-0.3, -0.25) is 4.79 Å². The molecular formula is C23H23F2N3O3. The molecule has 31 heavy (non-hydrogen) atoms. The molecule has 0 atom stereocenters. The summed E-state index contributed by atoms with van der Waals surface area (Å²) in [6.07, 6.45) is 2.48. The molecule has 0 spiro atoms. The predicted molar refractivity (Wildman–Crippen MR) is 115 cm³/mol. The van der Waals surface area contributed by atoms with Crippen molar-refractivity contribution in [2.75, 3.05) is 36.9 Å². The summed E-state index contributed by atoms with van der Waals surface area (Å²) in [6.45, 7) is 4.37. The topological polar surface area (TPSA) is 71.6 Å². The number of fused-ring (bicyclic) bond motifs is 1. The van der Waals surface area contributed by atoms with Crippen molar-refractivity contribution in [1.29, 1.82) is 0 Å². The maximum Gasteiger partial charge on any atom is 0.260 e. The van der Waals surface area contributed by atoms with E-state index < -0.39 is 11.6 Å². The van der Waals surface area contributed by atoms with Gasteiger partial charge in [-0.05, 0) is 49.8 Å². The van der Waals surface area contributed by atoms with Crippen LogP contribution in [0.1, 0.15) is 18.9 Å². The lowest BCUT2D eigenvalue weighted by atomic mass is 10.1. The van der Waals surface area contributed by atoms with E-state index in [9.17, 15) is 13.6 Å². The average molecular weight is 427 g/mol. The van der Waals surface area contributed by atoms with Crippen LogP contribution in [-0.4, -0.2) is 32.2 Å². The van der Waals surface area contributed by atoms with Crippen LogP contribution in [0.3, 0.4) is 0 Å². The number of nitrogens with one attached hydrogen (secondary N) is 3. The predicted octanol–water partition coefficient (Wildman–Crippen LogP) is 4.03. The number of amides is 1. The van der Waals surface area contributed by atoms with E-state index in [0.717, 1.165) is 19.5 Å². The van der Waals surface area contributed by atoms with Gasteiger partial charge >= 0.3 is 0 Å². The molecule has 8 heteroatoms. The Bertz CT molecular complexity index is 1070. The van der Waals surface area contributed by atoms with Crippen LogP contribution < -0.4 is 20.7 Å². The zero-order valence-corrected chi connectivity index (χ0v) is 17.1. The van der Waals surface area contributed by atoms with Gasteiger partial charge in [0.2, 0.25) is 0 Å². The molecule has 1 amide bonds. The van der Waals surface area contributed by atoms with Crippen LogP contribution in [0.15, 0.2) is 53.9 Å². The van der Waals surface area contributed by atoms with Crippen molar-refractivity contribution in [3.63, 3.8) is 0 Å². The Hall–Kier alpha value is -3.39. The van der Waals surface area contributed by atoms with Gasteiger partial charge in [0.05, 0.1) is 23.6 Å². The zero-order chi connectivity index (χ0) is 21.8. The minimum absolute atomic E-state index is 0.201. The van der Waals surface area contributed by atoms with Gasteiger partial charge in [0.1, 0.15) is 18.2 Å². The summed E-state index contributed by atoms with van der Waals surface area (Å²) in [6, 6.07) is 8.76. The highest BCUT2D eigenvalue weighted by Crippen LogP contribution is 2.37. The molecule has 4 rings (SSSR count). The second kappa shape index (κ2) is 9.18. The number of carbonyl (C=O) groups is 1. The molecule has 2 aromatic carbocycles. The van der Waals surface area contributed by atoms with Gasteiger partial charge in [0.25, 0.3) is 5.91 Å². The minimum Gasteiger partial charge on any atom is -0.490 e. The Morgan fingerprint density at radius 3 is 2.87 bits per heavy atom. The lowest BCUT2D eigenvalue weighted by Crippen LogP contribution is -2.16. The number of ether oxygens (including phenoxy) is 2. The zero-order valence-electron chi connectivity index (χ0n) is 17.1. The third-order valence-electron chi connectivity index (χ3n) is 4.90. The molecule has 162 valence electrons. The Kier molecular flexibility index (Phi) is 6.18. The van der Waals surface area contributed by atoms with E-state index in [4.69, 9.17) is 9.47 Å². The van der Waals surface area contributed by atoms with Crippen LogP contribution >= 0.6 is 0 Å². The molecule has 0 aromatic heterocycles. The lowest BCUT2D eigenvalue weighted by molar-refractivity contribution is -0.110. The molecule has 2 heterocycles. The first-order chi connectivity index (χ1) is 15.0. The fraction of sp³-hybridized carbons (Fsp3) is 0.261. The van der Waals surface area contributed by atoms with Crippen LogP contribution in [0.25, 0.3) is 5.57 Å². The molecule has 0 saturated heterocycles. The molecule has 2 aliphatic heterocycles. The van der Waals surface area contributed by atoms with E-state index in [2.05, 4.69) is 16.0 Å². The van der Waals surface area contributed by atoms with E-state index in [1.807, 2.05) is 6.92 Å². The highest BCUT2D eigenvalue weighted by Gasteiger charge is 2.30. The summed E-state index contributed by atoms with van der Waals surface area (Å²) >= 11 is 0. The first-order valence-corrected chi connectivity index (χ1v) is 10.1. The molecule has 2 aliphatic rings. The molecule has 0 unspecified atom stereocenters. The van der Waals surface area contributed by atoms with Crippen LogP contribution in [0.4, 0.5) is 20.2 Å². The largest absolute Gasteiger partial charge is 0.490 e. The number of halogens is 2. The average Bonchev–Trinajstić information content (AvgIpc) is 3.31. The molecule has 3 N–H and O–H groups in total. The molecule has 0 fully saturated rings. The van der Waals surface area contributed by atoms with E-state index in [-0.39, 0.29) is 18.3 Å². The van der Waals surface area contributed by atoms with Gasteiger partial charge in [-0.1, -0.05) is 6.92 Å². The van der Waals surface area contributed by atoms with Gasteiger partial charge < -0.3 is 25.4 Å². The van der Waals surface area contributed by atoms with Crippen molar-refractivity contribution in [2.45, 2.75) is 13.3 Å². The molecular weight excluding hydrogens is 404 g/mol. The van der Waals surface area contributed by atoms with E-state index in [0.29, 0.717) is 40.6 Å². The van der Waals surface area contributed by atoms with Crippen molar-refractivity contribution >= 4 is 22.9 Å². The molecule has 2 aromatic rings. The second-order valence-electron chi connectivity index (χ2n) is 7.17. The second-order valence-corrected chi connectivity index (χ2v) is 7.17. The van der Waals surface area contributed by atoms with E-state index >= 15 is 0 Å². The lowest BCUT2D eigenvalue weighted by Gasteiger charge is -2.10. The Morgan fingerprint density at radius 1 is 1.19 bits per heavy atom. The summed E-state index contributed by atoms with van der Waals surface area (Å²) in [5, 5.41) is 8.92. The number of allylic oxidation sites excluding steroid dienone is 1. The quantitative estimate of drug-likeness (QED) is 0.438. The molecule has 0 saturated carbocycles. The van der Waals surface area contributed by atoms with Crippen molar-refractivity contribution in [2.24, 2.45) is 0 Å². The minimum atomic E-state index is -0.460. The van der Waals surface area contributed by atoms with Crippen molar-refractivity contribution in [3.05, 3.63) is 71.1 Å². The van der Waals surface area contributed by atoms with Crippen molar-refractivity contribution in [3.8, 4) is 5.75 Å². The maximum absolute atomic E-state index is 14.3. The van der Waals surface area contributed by atoms with Gasteiger partial charge in [-0.25, -0.2) is 8.78 Å². The fourth-order valence-corrected chi connectivity index (χ4v) is 3.44. The summed E-state index contributed by atoms with van der Waals surface area (Å²) in [5.41, 5.74) is 2.55. The smallest absolute Gasteiger partial charge is 0.260 e. The standard InChI is InChI=1S/C23H23F2N3O3/c1-2-26-8-3-9-30-20-7-5-15(11-18(20)25)27-16-12-21(31-13-16)22-17-6-4-14(24)10-19(17)28-23(22)29/h4-7,10-12,26-27H,2-3,8-9,13H2,1H3,(H,28,29)/b22-21+. The monoisotopic (exact) mass is 427 g/mol. The maximum atomic E-state index is 14.3. The third-order valence-corrected chi connectivity index (χ3v) is 4.90. The first kappa shape index (κ1) is 20.9. The van der Waals surface area contributed by atoms with Gasteiger partial charge in [0.15, 0.2) is 11.6 Å². The highest BCUT2D eigenvalue weighted by molar-refractivity contribution is 6.32. The SMILES string of the molecule is CCNCCCOc1ccc(NC2=C/C(=C3\C(=O)Nc4cc(F)ccc43)OC2)cc1F. The molecule has 0 bridgehead atoms. The van der Waals surface area contributed by atoms with Crippen LogP contribution in [0.5, 0.6) is 5.75 Å². The Morgan fingerprint density at radius 2 is 2.06 bits per heavy atom. The number of benzene rings is 2. The normalized spacial score (nSPS) is 17.1. The summed E-state index contributed by atoms with van der Waals surface area (Å²) in [4.78, 5) is 12.3. The van der Waals surface area contributed by atoms with Gasteiger partial charge in [-0.15, -0.1) is 0 Å². The Labute approximate surface area is 178 Å². The number of rotatable bonds is 8. The van der Waals surface area contributed by atoms with E-state index in [1.165, 1.54) is 18.2 Å². The molecule has 0 aliphatic carbocycles. The highest BCUT2D eigenvalue weighted by atomic mass is 19.1. The van der Waals surface area contributed by atoms with Crippen LogP contribution in [0, 0.1) is 11.6 Å². The number of hydrogen-bond acceptors (Lipinski definition) is 5. The van der Waals surface area contributed by atoms with Crippen LogP contribution in [0.2, 0.25) is 0 Å². The fourth-order valence-electron chi connectivity index (χ4n) is 3.44. The first-order valence-electron chi connectivity index (χ1n) is 10.1. The number of carbonyl (C=O) groups excluding carboxylic acids is 1. The Balaban J connectivity index is 1.44. The third kappa shape index (κ3) is 4.69. The van der Waals surface area contributed by atoms with Crippen molar-refractivity contribution in [1.82, 2.24) is 5.32 Å². The molecule has 6 nitrogen and oxygen atoms in total. The van der Waals surface area contributed by atoms with Crippen molar-refractivity contribution < 1.29 is 23.0 Å². The molecule has 0 radical (unpaired) electrons. The van der Waals surface area contributed by atoms with Crippen LogP contribution in [-0.2, 0) is 9.53 Å². The van der Waals surface area contributed by atoms with E-state index in [1.54, 1.807) is 24.3 Å². The number of hydrogen-bond donors (Lipinski definition) is 3.